The number of furan rings is 1. The maximum atomic E-state index is 12.2. The van der Waals surface area contributed by atoms with E-state index in [0.717, 1.165) is 19.6 Å². The van der Waals surface area contributed by atoms with E-state index < -0.39 is 0 Å². The van der Waals surface area contributed by atoms with Crippen LogP contribution in [-0.4, -0.2) is 36.5 Å². The number of carbonyl (C=O) groups is 1. The van der Waals surface area contributed by atoms with Crippen LogP contribution in [-0.2, 0) is 0 Å². The van der Waals surface area contributed by atoms with Crippen molar-refractivity contribution in [2.45, 2.75) is 19.9 Å². The Morgan fingerprint density at radius 1 is 1.62 bits per heavy atom. The lowest BCUT2D eigenvalue weighted by atomic mass is 10.00. The molecule has 0 saturated carbocycles. The molecule has 1 unspecified atom stereocenters. The van der Waals surface area contributed by atoms with E-state index in [4.69, 9.17) is 4.42 Å². The molecule has 0 spiro atoms. The van der Waals surface area contributed by atoms with Gasteiger partial charge in [-0.25, -0.2) is 0 Å². The van der Waals surface area contributed by atoms with Crippen molar-refractivity contribution >= 4 is 5.91 Å². The zero-order valence-corrected chi connectivity index (χ0v) is 9.77. The Labute approximate surface area is 95.6 Å². The fourth-order valence-electron chi connectivity index (χ4n) is 2.13. The molecule has 1 atom stereocenters. The average Bonchev–Trinajstić information content (AvgIpc) is 2.81. The Kier molecular flexibility index (Phi) is 3.29. The fourth-order valence-corrected chi connectivity index (χ4v) is 2.13. The number of hydrogen-bond donors (Lipinski definition) is 1. The minimum atomic E-state index is 0.0777. The lowest BCUT2D eigenvalue weighted by Gasteiger charge is -2.38. The number of nitrogens with zero attached hydrogens (tertiary/aromatic N) is 1. The van der Waals surface area contributed by atoms with Gasteiger partial charge in [0.25, 0.3) is 5.91 Å². The average molecular weight is 222 g/mol. The van der Waals surface area contributed by atoms with Crippen LogP contribution >= 0.6 is 0 Å². The first-order valence-corrected chi connectivity index (χ1v) is 5.74. The van der Waals surface area contributed by atoms with Crippen molar-refractivity contribution in [1.29, 1.82) is 0 Å². The molecule has 1 fully saturated rings. The van der Waals surface area contributed by atoms with Gasteiger partial charge in [-0.15, -0.1) is 0 Å². The third-order valence-electron chi connectivity index (χ3n) is 3.08. The van der Waals surface area contributed by atoms with E-state index in [2.05, 4.69) is 19.2 Å². The predicted octanol–water partition coefficient (Wildman–Crippen LogP) is 1.35. The summed E-state index contributed by atoms with van der Waals surface area (Å²) in [6.45, 7) is 6.81. The van der Waals surface area contributed by atoms with Crippen molar-refractivity contribution in [3.8, 4) is 0 Å². The summed E-state index contributed by atoms with van der Waals surface area (Å²) in [4.78, 5) is 14.2. The summed E-state index contributed by atoms with van der Waals surface area (Å²) in [6, 6.07) is 2.00. The number of hydrogen-bond acceptors (Lipinski definition) is 3. The molecule has 0 aromatic carbocycles. The van der Waals surface area contributed by atoms with Gasteiger partial charge in [-0.05, 0) is 12.0 Å². The Bertz CT molecular complexity index is 346. The quantitative estimate of drug-likeness (QED) is 0.821. The van der Waals surface area contributed by atoms with Crippen LogP contribution in [0.4, 0.5) is 0 Å². The standard InChI is InChI=1S/C12H18N2O2/c1-9(2)11-7-13-4-5-14(11)12(15)10-3-6-16-8-10/h3,6,8-9,11,13H,4-5,7H2,1-2H3. The second-order valence-electron chi connectivity index (χ2n) is 4.53. The van der Waals surface area contributed by atoms with Gasteiger partial charge < -0.3 is 14.6 Å². The second-order valence-corrected chi connectivity index (χ2v) is 4.53. The van der Waals surface area contributed by atoms with Crippen LogP contribution in [0.1, 0.15) is 24.2 Å². The van der Waals surface area contributed by atoms with Gasteiger partial charge in [-0.3, -0.25) is 4.79 Å². The molecule has 1 aromatic heterocycles. The van der Waals surface area contributed by atoms with Crippen LogP contribution in [0.15, 0.2) is 23.0 Å². The molecule has 16 heavy (non-hydrogen) atoms. The van der Waals surface area contributed by atoms with Gasteiger partial charge in [-0.2, -0.15) is 0 Å². The monoisotopic (exact) mass is 222 g/mol. The zero-order valence-electron chi connectivity index (χ0n) is 9.77. The molecule has 1 aliphatic rings. The largest absolute Gasteiger partial charge is 0.472 e. The molecule has 1 N–H and O–H groups in total. The van der Waals surface area contributed by atoms with E-state index in [0.29, 0.717) is 11.5 Å². The van der Waals surface area contributed by atoms with Gasteiger partial charge in [0.2, 0.25) is 0 Å². The van der Waals surface area contributed by atoms with Crippen LogP contribution in [0.25, 0.3) is 0 Å². The van der Waals surface area contributed by atoms with Gasteiger partial charge in [0.05, 0.1) is 11.8 Å². The SMILES string of the molecule is CC(C)C1CNCCN1C(=O)c1ccoc1. The van der Waals surface area contributed by atoms with E-state index >= 15 is 0 Å². The van der Waals surface area contributed by atoms with Gasteiger partial charge in [0.1, 0.15) is 6.26 Å². The van der Waals surface area contributed by atoms with Crippen LogP contribution in [0, 0.1) is 5.92 Å². The summed E-state index contributed by atoms with van der Waals surface area (Å²) in [7, 11) is 0. The Hall–Kier alpha value is -1.29. The van der Waals surface area contributed by atoms with E-state index in [1.54, 1.807) is 12.3 Å². The highest BCUT2D eigenvalue weighted by molar-refractivity contribution is 5.94. The van der Waals surface area contributed by atoms with E-state index in [-0.39, 0.29) is 11.9 Å². The van der Waals surface area contributed by atoms with Crippen LogP contribution in [0.5, 0.6) is 0 Å². The normalized spacial score (nSPS) is 21.4. The predicted molar refractivity (Wildman–Crippen MR) is 61.2 cm³/mol. The minimum absolute atomic E-state index is 0.0777. The molecule has 4 nitrogen and oxygen atoms in total. The highest BCUT2D eigenvalue weighted by atomic mass is 16.3. The molecular weight excluding hydrogens is 204 g/mol. The smallest absolute Gasteiger partial charge is 0.257 e. The van der Waals surface area contributed by atoms with Gasteiger partial charge in [-0.1, -0.05) is 13.8 Å². The lowest BCUT2D eigenvalue weighted by molar-refractivity contribution is 0.0572. The number of nitrogens with one attached hydrogen (secondary N) is 1. The highest BCUT2D eigenvalue weighted by Crippen LogP contribution is 2.16. The van der Waals surface area contributed by atoms with Gasteiger partial charge in [0, 0.05) is 25.7 Å². The van der Waals surface area contributed by atoms with E-state index in [1.807, 2.05) is 4.90 Å². The Morgan fingerprint density at radius 2 is 2.44 bits per heavy atom. The second kappa shape index (κ2) is 4.70. The first kappa shape index (κ1) is 11.2. The van der Waals surface area contributed by atoms with Crippen molar-refractivity contribution < 1.29 is 9.21 Å². The number of rotatable bonds is 2. The van der Waals surface area contributed by atoms with E-state index in [9.17, 15) is 4.79 Å². The summed E-state index contributed by atoms with van der Waals surface area (Å²) in [6.07, 6.45) is 3.06. The molecular formula is C12H18N2O2. The Balaban J connectivity index is 2.14. The molecule has 1 saturated heterocycles. The van der Waals surface area contributed by atoms with Crippen LogP contribution in [0.3, 0.4) is 0 Å². The summed E-state index contributed by atoms with van der Waals surface area (Å²) >= 11 is 0. The number of carbonyl (C=O) groups excluding carboxylic acids is 1. The van der Waals surface area contributed by atoms with E-state index in [1.165, 1.54) is 6.26 Å². The topological polar surface area (TPSA) is 45.5 Å². The van der Waals surface area contributed by atoms with Crippen LogP contribution < -0.4 is 5.32 Å². The summed E-state index contributed by atoms with van der Waals surface area (Å²) in [5.74, 6) is 0.539. The maximum absolute atomic E-state index is 12.2. The van der Waals surface area contributed by atoms with Crippen LogP contribution in [0.2, 0.25) is 0 Å². The minimum Gasteiger partial charge on any atom is -0.472 e. The molecule has 0 aliphatic carbocycles. The first-order valence-electron chi connectivity index (χ1n) is 5.74. The molecule has 2 heterocycles. The molecule has 88 valence electrons. The lowest BCUT2D eigenvalue weighted by Crippen LogP contribution is -2.55. The number of piperazine rings is 1. The van der Waals surface area contributed by atoms with Crippen molar-refractivity contribution in [1.82, 2.24) is 10.2 Å². The molecule has 1 aliphatic heterocycles. The molecule has 1 amide bonds. The van der Waals surface area contributed by atoms with Crippen molar-refractivity contribution in [2.75, 3.05) is 19.6 Å². The molecule has 4 heteroatoms. The molecule has 0 radical (unpaired) electrons. The fraction of sp³-hybridized carbons (Fsp3) is 0.583. The van der Waals surface area contributed by atoms with Gasteiger partial charge >= 0.3 is 0 Å². The van der Waals surface area contributed by atoms with Crippen molar-refractivity contribution in [2.24, 2.45) is 5.92 Å². The Morgan fingerprint density at radius 3 is 3.06 bits per heavy atom. The first-order chi connectivity index (χ1) is 7.70. The highest BCUT2D eigenvalue weighted by Gasteiger charge is 2.29. The maximum Gasteiger partial charge on any atom is 0.257 e. The summed E-state index contributed by atoms with van der Waals surface area (Å²) in [5.41, 5.74) is 0.646. The van der Waals surface area contributed by atoms with Gasteiger partial charge in [0.15, 0.2) is 0 Å². The van der Waals surface area contributed by atoms with Crippen molar-refractivity contribution in [3.05, 3.63) is 24.2 Å². The molecule has 1 aromatic rings. The summed E-state index contributed by atoms with van der Waals surface area (Å²) < 4.78 is 4.96. The molecule has 0 bridgehead atoms. The third-order valence-corrected chi connectivity index (χ3v) is 3.08. The summed E-state index contributed by atoms with van der Waals surface area (Å²) in [5, 5.41) is 3.33. The zero-order chi connectivity index (χ0) is 11.5. The third kappa shape index (κ3) is 2.11. The molecule has 2 rings (SSSR count). The number of amides is 1. The van der Waals surface area contributed by atoms with Crippen molar-refractivity contribution in [3.63, 3.8) is 0 Å².